The van der Waals surface area contributed by atoms with Crippen LogP contribution in [0.4, 0.5) is 0 Å². The van der Waals surface area contributed by atoms with Gasteiger partial charge in [0, 0.05) is 5.41 Å². The fourth-order valence-corrected chi connectivity index (χ4v) is 3.41. The highest BCUT2D eigenvalue weighted by Crippen LogP contribution is 2.34. The van der Waals surface area contributed by atoms with Crippen LogP contribution in [0.25, 0.3) is 0 Å². The first kappa shape index (κ1) is 18.4. The second-order valence-electron chi connectivity index (χ2n) is 6.29. The van der Waals surface area contributed by atoms with Gasteiger partial charge in [0.15, 0.2) is 0 Å². The largest absolute Gasteiger partial charge is 0.493 e. The molecule has 0 saturated carbocycles. The van der Waals surface area contributed by atoms with Gasteiger partial charge in [0.05, 0.1) is 6.61 Å². The minimum atomic E-state index is 0.217. The maximum Gasteiger partial charge on any atom is 0.122 e. The molecule has 1 unspecified atom stereocenters. The van der Waals surface area contributed by atoms with E-state index in [9.17, 15) is 0 Å². The monoisotopic (exact) mass is 308 g/mol. The number of hydrogen-bond donors (Lipinski definition) is 1. The van der Waals surface area contributed by atoms with Crippen LogP contribution in [0.5, 0.6) is 5.75 Å². The fraction of sp³-hybridized carbons (Fsp3) is 0.684. The molecule has 0 heterocycles. The second-order valence-corrected chi connectivity index (χ2v) is 6.61. The number of hydrogen-bond acceptors (Lipinski definition) is 2. The molecule has 0 saturated heterocycles. The van der Waals surface area contributed by atoms with Crippen molar-refractivity contribution in [3.05, 3.63) is 29.8 Å². The predicted octanol–water partition coefficient (Wildman–Crippen LogP) is 6.10. The van der Waals surface area contributed by atoms with Gasteiger partial charge in [-0.15, -0.1) is 0 Å². The molecule has 0 aliphatic rings. The molecule has 0 amide bonds. The molecule has 1 aromatic rings. The van der Waals surface area contributed by atoms with Crippen LogP contribution in [-0.2, 0) is 0 Å². The molecule has 1 nitrogen and oxygen atoms in total. The van der Waals surface area contributed by atoms with Gasteiger partial charge in [-0.2, -0.15) is 12.6 Å². The molecular formula is C19H32OS. The van der Waals surface area contributed by atoms with E-state index in [2.05, 4.69) is 64.6 Å². The van der Waals surface area contributed by atoms with Crippen LogP contribution in [0, 0.1) is 5.41 Å². The van der Waals surface area contributed by atoms with E-state index >= 15 is 0 Å². The summed E-state index contributed by atoms with van der Waals surface area (Å²) in [4.78, 5) is 0. The summed E-state index contributed by atoms with van der Waals surface area (Å²) >= 11 is 4.62. The topological polar surface area (TPSA) is 9.23 Å². The van der Waals surface area contributed by atoms with Crippen LogP contribution in [0.2, 0.25) is 0 Å². The van der Waals surface area contributed by atoms with Gasteiger partial charge in [-0.3, -0.25) is 0 Å². The molecule has 0 aromatic heterocycles. The summed E-state index contributed by atoms with van der Waals surface area (Å²) in [6, 6.07) is 8.50. The Morgan fingerprint density at radius 3 is 2.24 bits per heavy atom. The lowest BCUT2D eigenvalue weighted by Crippen LogP contribution is -2.30. The van der Waals surface area contributed by atoms with Crippen molar-refractivity contribution >= 4 is 12.6 Å². The van der Waals surface area contributed by atoms with Gasteiger partial charge in [-0.25, -0.2) is 0 Å². The number of ether oxygens (including phenoxy) is 1. The maximum absolute atomic E-state index is 6.27. The Labute approximate surface area is 136 Å². The normalized spacial score (nSPS) is 13.2. The van der Waals surface area contributed by atoms with Gasteiger partial charge in [-0.1, -0.05) is 58.7 Å². The standard InChI is InChI=1S/C19H32OS/c1-5-12-19(15-21,13-6-2)14-20-18-11-9-8-10-17(18)16(4)7-3/h8-11,16,21H,5-7,12-15H2,1-4H3. The number of benzene rings is 1. The Hall–Kier alpha value is -0.630. The lowest BCUT2D eigenvalue weighted by Gasteiger charge is -2.32. The molecule has 1 atom stereocenters. The van der Waals surface area contributed by atoms with Crippen molar-refractivity contribution in [2.75, 3.05) is 12.4 Å². The molecule has 1 rings (SSSR count). The highest BCUT2D eigenvalue weighted by molar-refractivity contribution is 7.80. The van der Waals surface area contributed by atoms with Gasteiger partial charge >= 0.3 is 0 Å². The molecule has 2 heteroatoms. The Morgan fingerprint density at radius 2 is 1.71 bits per heavy atom. The summed E-state index contributed by atoms with van der Waals surface area (Å²) in [5.74, 6) is 2.51. The Bertz CT molecular complexity index is 396. The molecule has 0 aliphatic heterocycles. The van der Waals surface area contributed by atoms with Crippen molar-refractivity contribution in [2.24, 2.45) is 5.41 Å². The van der Waals surface area contributed by atoms with E-state index < -0.39 is 0 Å². The van der Waals surface area contributed by atoms with Gasteiger partial charge in [0.2, 0.25) is 0 Å². The van der Waals surface area contributed by atoms with Crippen molar-refractivity contribution in [1.82, 2.24) is 0 Å². The lowest BCUT2D eigenvalue weighted by atomic mass is 9.82. The SMILES string of the molecule is CCCC(CS)(CCC)COc1ccccc1C(C)CC. The molecule has 0 N–H and O–H groups in total. The smallest absolute Gasteiger partial charge is 0.122 e. The molecule has 0 radical (unpaired) electrons. The number of rotatable bonds is 10. The van der Waals surface area contributed by atoms with Gasteiger partial charge in [0.1, 0.15) is 5.75 Å². The molecule has 0 bridgehead atoms. The van der Waals surface area contributed by atoms with E-state index in [1.165, 1.54) is 31.2 Å². The first-order chi connectivity index (χ1) is 10.1. The quantitative estimate of drug-likeness (QED) is 0.514. The van der Waals surface area contributed by atoms with E-state index in [4.69, 9.17) is 4.74 Å². The summed E-state index contributed by atoms with van der Waals surface area (Å²) in [7, 11) is 0. The van der Waals surface area contributed by atoms with Crippen molar-refractivity contribution in [3.63, 3.8) is 0 Å². The first-order valence-electron chi connectivity index (χ1n) is 8.45. The molecule has 0 aliphatic carbocycles. The van der Waals surface area contributed by atoms with Crippen molar-refractivity contribution in [3.8, 4) is 5.75 Å². The summed E-state index contributed by atoms with van der Waals surface area (Å²) in [5, 5.41) is 0. The zero-order valence-corrected chi connectivity index (χ0v) is 15.1. The lowest BCUT2D eigenvalue weighted by molar-refractivity contribution is 0.142. The van der Waals surface area contributed by atoms with Crippen LogP contribution >= 0.6 is 12.6 Å². The minimum absolute atomic E-state index is 0.217. The molecule has 21 heavy (non-hydrogen) atoms. The van der Waals surface area contributed by atoms with E-state index in [1.807, 2.05) is 0 Å². The summed E-state index contributed by atoms with van der Waals surface area (Å²) < 4.78 is 6.27. The van der Waals surface area contributed by atoms with Crippen LogP contribution < -0.4 is 4.74 Å². The zero-order chi connectivity index (χ0) is 15.7. The minimum Gasteiger partial charge on any atom is -0.493 e. The highest BCUT2D eigenvalue weighted by atomic mass is 32.1. The third-order valence-electron chi connectivity index (χ3n) is 4.49. The van der Waals surface area contributed by atoms with E-state index in [-0.39, 0.29) is 5.41 Å². The summed E-state index contributed by atoms with van der Waals surface area (Å²) in [6.45, 7) is 9.79. The maximum atomic E-state index is 6.27. The van der Waals surface area contributed by atoms with Crippen molar-refractivity contribution < 1.29 is 4.74 Å². The molecule has 0 fully saturated rings. The van der Waals surface area contributed by atoms with Crippen LogP contribution in [-0.4, -0.2) is 12.4 Å². The number of thiol groups is 1. The second kappa shape index (κ2) is 9.40. The molecule has 0 spiro atoms. The van der Waals surface area contributed by atoms with Crippen molar-refractivity contribution in [2.45, 2.75) is 65.7 Å². The van der Waals surface area contributed by atoms with Gasteiger partial charge < -0.3 is 4.74 Å². The van der Waals surface area contributed by atoms with Gasteiger partial charge in [-0.05, 0) is 42.6 Å². The summed E-state index contributed by atoms with van der Waals surface area (Å²) in [6.07, 6.45) is 5.90. The average molecular weight is 309 g/mol. The van der Waals surface area contributed by atoms with Crippen LogP contribution in [0.15, 0.2) is 24.3 Å². The van der Waals surface area contributed by atoms with Crippen LogP contribution in [0.1, 0.15) is 71.3 Å². The predicted molar refractivity (Wildman–Crippen MR) is 96.7 cm³/mol. The Balaban J connectivity index is 2.85. The Morgan fingerprint density at radius 1 is 1.10 bits per heavy atom. The third kappa shape index (κ3) is 5.25. The highest BCUT2D eigenvalue weighted by Gasteiger charge is 2.28. The molecule has 1 aromatic carbocycles. The fourth-order valence-electron chi connectivity index (χ4n) is 3.00. The van der Waals surface area contributed by atoms with E-state index in [0.717, 1.165) is 24.5 Å². The zero-order valence-electron chi connectivity index (χ0n) is 14.2. The number of para-hydroxylation sites is 1. The molecular weight excluding hydrogens is 276 g/mol. The average Bonchev–Trinajstić information content (AvgIpc) is 2.52. The third-order valence-corrected chi connectivity index (χ3v) is 5.16. The van der Waals surface area contributed by atoms with Crippen LogP contribution in [0.3, 0.4) is 0 Å². The van der Waals surface area contributed by atoms with E-state index in [0.29, 0.717) is 5.92 Å². The first-order valence-corrected chi connectivity index (χ1v) is 9.08. The van der Waals surface area contributed by atoms with E-state index in [1.54, 1.807) is 0 Å². The van der Waals surface area contributed by atoms with Gasteiger partial charge in [0.25, 0.3) is 0 Å². The summed E-state index contributed by atoms with van der Waals surface area (Å²) in [5.41, 5.74) is 1.55. The van der Waals surface area contributed by atoms with Crippen molar-refractivity contribution in [1.29, 1.82) is 0 Å². The molecule has 120 valence electrons. The Kier molecular flexibility index (Phi) is 8.24.